The molecule has 0 aliphatic heterocycles. The van der Waals surface area contributed by atoms with Gasteiger partial charge in [0.25, 0.3) is 27.3 Å². The van der Waals surface area contributed by atoms with E-state index in [2.05, 4.69) is 0 Å². The normalized spacial score (nSPS) is 11.0. The quantitative estimate of drug-likeness (QED) is 0.372. The molecule has 0 unspecified atom stereocenters. The predicted octanol–water partition coefficient (Wildman–Crippen LogP) is 3.86. The summed E-state index contributed by atoms with van der Waals surface area (Å²) in [5, 5.41) is 22.5. The Hall–Kier alpha value is -4.32. The fourth-order valence-corrected chi connectivity index (χ4v) is 4.36. The van der Waals surface area contributed by atoms with Crippen molar-refractivity contribution in [2.75, 3.05) is 11.4 Å². The first-order valence-electron chi connectivity index (χ1n) is 9.29. The Morgan fingerprint density at radius 2 is 1.39 bits per heavy atom. The summed E-state index contributed by atoms with van der Waals surface area (Å²) >= 11 is 0. The molecule has 3 aromatic carbocycles. The number of hydrogen-bond donors (Lipinski definition) is 0. The lowest BCUT2D eigenvalue weighted by molar-refractivity contribution is -0.394. The first-order valence-corrected chi connectivity index (χ1v) is 10.7. The third-order valence-electron chi connectivity index (χ3n) is 4.62. The monoisotopic (exact) mass is 471 g/mol. The number of carbonyl (C=O) groups is 1. The van der Waals surface area contributed by atoms with Crippen LogP contribution in [0.3, 0.4) is 0 Å². The number of nitrogens with zero attached hydrogens (tertiary/aromatic N) is 3. The number of nitro benzene ring substituents is 2. The van der Waals surface area contributed by atoms with Gasteiger partial charge in [0.1, 0.15) is 5.75 Å². The van der Waals surface area contributed by atoms with Crippen molar-refractivity contribution in [3.63, 3.8) is 0 Å². The number of amides is 1. The number of nitro groups is 2. The van der Waals surface area contributed by atoms with Crippen molar-refractivity contribution in [2.24, 2.45) is 0 Å². The van der Waals surface area contributed by atoms with Crippen LogP contribution in [0.2, 0.25) is 0 Å². The van der Waals surface area contributed by atoms with E-state index in [4.69, 9.17) is 4.74 Å². The molecule has 0 N–H and O–H groups in total. The van der Waals surface area contributed by atoms with Gasteiger partial charge in [-0.15, -0.1) is 0 Å². The zero-order valence-corrected chi connectivity index (χ0v) is 18.2. The standard InChI is InChI=1S/C21H17N3O8S/c1-14-3-9-20(10-4-14)33(30,31)22(16-5-7-19(32-2)8-6-16)21(25)15-11-17(23(26)27)13-18(12-15)24(28)29/h3-13H,1-2H3. The molecule has 11 nitrogen and oxygen atoms in total. The summed E-state index contributed by atoms with van der Waals surface area (Å²) in [7, 11) is -3.09. The number of aryl methyl sites for hydroxylation is 1. The van der Waals surface area contributed by atoms with Crippen molar-refractivity contribution in [1.82, 2.24) is 0 Å². The van der Waals surface area contributed by atoms with Crippen LogP contribution in [0.15, 0.2) is 71.6 Å². The molecule has 0 aliphatic rings. The van der Waals surface area contributed by atoms with Crippen LogP contribution < -0.4 is 9.04 Å². The largest absolute Gasteiger partial charge is 0.497 e. The van der Waals surface area contributed by atoms with Crippen molar-refractivity contribution < 1.29 is 27.8 Å². The van der Waals surface area contributed by atoms with Gasteiger partial charge in [0.05, 0.1) is 39.2 Å². The maximum absolute atomic E-state index is 13.5. The van der Waals surface area contributed by atoms with Gasteiger partial charge in [-0.3, -0.25) is 25.0 Å². The Bertz CT molecular complexity index is 1300. The zero-order chi connectivity index (χ0) is 24.3. The third-order valence-corrected chi connectivity index (χ3v) is 6.35. The highest BCUT2D eigenvalue weighted by Crippen LogP contribution is 2.30. The second-order valence-electron chi connectivity index (χ2n) is 6.84. The Labute approximate surface area is 188 Å². The van der Waals surface area contributed by atoms with E-state index in [1.54, 1.807) is 19.1 Å². The van der Waals surface area contributed by atoms with Crippen molar-refractivity contribution in [3.05, 3.63) is 98.1 Å². The van der Waals surface area contributed by atoms with Gasteiger partial charge in [-0.2, -0.15) is 4.31 Å². The first-order chi connectivity index (χ1) is 15.5. The molecule has 0 saturated carbocycles. The molecule has 0 radical (unpaired) electrons. The molecular formula is C21H17N3O8S. The number of methoxy groups -OCH3 is 1. The summed E-state index contributed by atoms with van der Waals surface area (Å²) in [6.45, 7) is 1.75. The van der Waals surface area contributed by atoms with Crippen LogP contribution in [0.4, 0.5) is 17.1 Å². The summed E-state index contributed by atoms with van der Waals surface area (Å²) in [6.07, 6.45) is 0. The van der Waals surface area contributed by atoms with Gasteiger partial charge < -0.3 is 4.74 Å². The molecule has 3 rings (SSSR count). The van der Waals surface area contributed by atoms with E-state index < -0.39 is 42.7 Å². The van der Waals surface area contributed by atoms with Crippen LogP contribution in [0.1, 0.15) is 15.9 Å². The number of benzene rings is 3. The molecular weight excluding hydrogens is 454 g/mol. The molecule has 3 aromatic rings. The number of hydrogen-bond acceptors (Lipinski definition) is 8. The molecule has 12 heteroatoms. The minimum atomic E-state index is -4.50. The van der Waals surface area contributed by atoms with Crippen molar-refractivity contribution in [2.45, 2.75) is 11.8 Å². The summed E-state index contributed by atoms with van der Waals surface area (Å²) in [5.74, 6) is -0.808. The Balaban J connectivity index is 2.23. The second-order valence-corrected chi connectivity index (χ2v) is 8.62. The van der Waals surface area contributed by atoms with Crippen LogP contribution in [0.25, 0.3) is 0 Å². The van der Waals surface area contributed by atoms with E-state index >= 15 is 0 Å². The SMILES string of the molecule is COc1ccc(N(C(=O)c2cc([N+](=O)[O-])cc([N+](=O)[O-])c2)S(=O)(=O)c2ccc(C)cc2)cc1. The number of non-ortho nitro benzene ring substituents is 2. The molecule has 0 spiro atoms. The molecule has 0 bridgehead atoms. The van der Waals surface area contributed by atoms with Crippen molar-refractivity contribution in [1.29, 1.82) is 0 Å². The van der Waals surface area contributed by atoms with Gasteiger partial charge in [-0.25, -0.2) is 8.42 Å². The zero-order valence-electron chi connectivity index (χ0n) is 17.4. The van der Waals surface area contributed by atoms with E-state index in [1.165, 1.54) is 43.5 Å². The highest BCUT2D eigenvalue weighted by atomic mass is 32.2. The molecule has 0 fully saturated rings. The first kappa shape index (κ1) is 23.3. The molecule has 33 heavy (non-hydrogen) atoms. The lowest BCUT2D eigenvalue weighted by atomic mass is 10.1. The number of carbonyl (C=O) groups excluding carboxylic acids is 1. The van der Waals surface area contributed by atoms with Crippen molar-refractivity contribution in [3.8, 4) is 5.75 Å². The molecule has 170 valence electrons. The molecule has 0 saturated heterocycles. The predicted molar refractivity (Wildman–Crippen MR) is 118 cm³/mol. The van der Waals surface area contributed by atoms with Crippen LogP contribution in [0, 0.1) is 27.2 Å². The lowest BCUT2D eigenvalue weighted by Gasteiger charge is -2.23. The average Bonchev–Trinajstić information content (AvgIpc) is 2.79. The smallest absolute Gasteiger partial charge is 0.277 e. The third kappa shape index (κ3) is 4.80. The second kappa shape index (κ2) is 9.04. The fraction of sp³-hybridized carbons (Fsp3) is 0.0952. The molecule has 0 aromatic heterocycles. The summed E-state index contributed by atoms with van der Waals surface area (Å²) < 4.78 is 32.4. The number of rotatable bonds is 7. The maximum Gasteiger partial charge on any atom is 0.277 e. The molecule has 0 aliphatic carbocycles. The van der Waals surface area contributed by atoms with Crippen LogP contribution in [-0.2, 0) is 10.0 Å². The number of sulfonamides is 1. The van der Waals surface area contributed by atoms with E-state index in [-0.39, 0.29) is 10.6 Å². The molecule has 1 amide bonds. The van der Waals surface area contributed by atoms with Crippen LogP contribution in [0.5, 0.6) is 5.75 Å². The van der Waals surface area contributed by atoms with Gasteiger partial charge in [0, 0.05) is 12.1 Å². The number of anilines is 1. The number of ether oxygens (including phenoxy) is 1. The Morgan fingerprint density at radius 3 is 1.85 bits per heavy atom. The Morgan fingerprint density at radius 1 is 0.879 bits per heavy atom. The topological polar surface area (TPSA) is 150 Å². The van der Waals surface area contributed by atoms with E-state index in [0.29, 0.717) is 16.1 Å². The fourth-order valence-electron chi connectivity index (χ4n) is 2.95. The van der Waals surface area contributed by atoms with Gasteiger partial charge >= 0.3 is 0 Å². The highest BCUT2D eigenvalue weighted by molar-refractivity contribution is 7.93. The average molecular weight is 471 g/mol. The molecule has 0 heterocycles. The highest BCUT2D eigenvalue weighted by Gasteiger charge is 2.33. The van der Waals surface area contributed by atoms with E-state index in [0.717, 1.165) is 17.7 Å². The summed E-state index contributed by atoms with van der Waals surface area (Å²) in [5.41, 5.74) is -1.30. The van der Waals surface area contributed by atoms with Gasteiger partial charge in [-0.1, -0.05) is 17.7 Å². The van der Waals surface area contributed by atoms with Gasteiger partial charge in [0.15, 0.2) is 0 Å². The van der Waals surface area contributed by atoms with Crippen molar-refractivity contribution >= 4 is 33.0 Å². The summed E-state index contributed by atoms with van der Waals surface area (Å²) in [6, 6.07) is 13.4. The lowest BCUT2D eigenvalue weighted by Crippen LogP contribution is -2.37. The van der Waals surface area contributed by atoms with E-state index in [1.807, 2.05) is 0 Å². The van der Waals surface area contributed by atoms with Gasteiger partial charge in [-0.05, 0) is 43.3 Å². The maximum atomic E-state index is 13.5. The molecule has 0 atom stereocenters. The Kier molecular flexibility index (Phi) is 6.40. The summed E-state index contributed by atoms with van der Waals surface area (Å²) in [4.78, 5) is 33.9. The minimum Gasteiger partial charge on any atom is -0.497 e. The van der Waals surface area contributed by atoms with Crippen LogP contribution >= 0.6 is 0 Å². The van der Waals surface area contributed by atoms with Gasteiger partial charge in [0.2, 0.25) is 0 Å². The van der Waals surface area contributed by atoms with E-state index in [9.17, 15) is 33.4 Å². The minimum absolute atomic E-state index is 0.0875. The van der Waals surface area contributed by atoms with Crippen LogP contribution in [-0.4, -0.2) is 31.3 Å².